The van der Waals surface area contributed by atoms with E-state index in [0.29, 0.717) is 11.5 Å². The minimum absolute atomic E-state index is 0.343. The Hall–Kier alpha value is -1.09. The fourth-order valence-electron chi connectivity index (χ4n) is 2.67. The molecule has 106 valence electrons. The van der Waals surface area contributed by atoms with Crippen LogP contribution in [0.3, 0.4) is 0 Å². The fourth-order valence-corrected chi connectivity index (χ4v) is 2.67. The van der Waals surface area contributed by atoms with Crippen molar-refractivity contribution in [2.75, 3.05) is 7.05 Å². The smallest absolute Gasteiger partial charge is 0.213 e. The second-order valence-electron chi connectivity index (χ2n) is 6.41. The van der Waals surface area contributed by atoms with Crippen molar-refractivity contribution in [1.82, 2.24) is 10.3 Å². The van der Waals surface area contributed by atoms with Crippen LogP contribution in [0.2, 0.25) is 0 Å². The van der Waals surface area contributed by atoms with Gasteiger partial charge in [0.15, 0.2) is 0 Å². The van der Waals surface area contributed by atoms with E-state index in [0.717, 1.165) is 31.0 Å². The quantitative estimate of drug-likeness (QED) is 0.902. The molecule has 0 amide bonds. The molecule has 1 heterocycles. The Kier molecular flexibility index (Phi) is 4.46. The second-order valence-corrected chi connectivity index (χ2v) is 6.41. The highest BCUT2D eigenvalue weighted by molar-refractivity contribution is 5.25. The number of aromatic nitrogens is 1. The molecule has 0 spiro atoms. The summed E-state index contributed by atoms with van der Waals surface area (Å²) in [4.78, 5) is 4.56. The summed E-state index contributed by atoms with van der Waals surface area (Å²) in [5.74, 6) is 0.780. The third-order valence-corrected chi connectivity index (χ3v) is 4.11. The van der Waals surface area contributed by atoms with Gasteiger partial charge in [0.05, 0.1) is 0 Å². The van der Waals surface area contributed by atoms with Crippen LogP contribution < -0.4 is 10.1 Å². The molecule has 1 N–H and O–H groups in total. The van der Waals surface area contributed by atoms with E-state index >= 15 is 0 Å². The van der Waals surface area contributed by atoms with E-state index in [-0.39, 0.29) is 0 Å². The molecule has 1 fully saturated rings. The molecule has 19 heavy (non-hydrogen) atoms. The molecule has 3 heteroatoms. The molecule has 0 radical (unpaired) electrons. The van der Waals surface area contributed by atoms with Crippen LogP contribution in [0.25, 0.3) is 0 Å². The van der Waals surface area contributed by atoms with Gasteiger partial charge in [0.1, 0.15) is 6.10 Å². The summed E-state index contributed by atoms with van der Waals surface area (Å²) < 4.78 is 6.03. The summed E-state index contributed by atoms with van der Waals surface area (Å²) >= 11 is 0. The van der Waals surface area contributed by atoms with Crippen molar-refractivity contribution < 1.29 is 4.74 Å². The van der Waals surface area contributed by atoms with Gasteiger partial charge in [0, 0.05) is 18.3 Å². The van der Waals surface area contributed by atoms with E-state index in [4.69, 9.17) is 4.74 Å². The highest BCUT2D eigenvalue weighted by Gasteiger charge is 2.27. The van der Waals surface area contributed by atoms with E-state index in [1.54, 1.807) is 0 Å². The molecule has 1 saturated carbocycles. The van der Waals surface area contributed by atoms with Crippen molar-refractivity contribution in [2.45, 2.75) is 59.1 Å². The lowest BCUT2D eigenvalue weighted by atomic mass is 9.76. The predicted molar refractivity (Wildman–Crippen MR) is 78.4 cm³/mol. The Labute approximate surface area is 116 Å². The maximum Gasteiger partial charge on any atom is 0.213 e. The molecule has 0 aromatic carbocycles. The number of hydrogen-bond acceptors (Lipinski definition) is 3. The Bertz CT molecular complexity index is 419. The average molecular weight is 262 g/mol. The van der Waals surface area contributed by atoms with Crippen LogP contribution in [0.5, 0.6) is 5.88 Å². The molecule has 0 bridgehead atoms. The zero-order valence-electron chi connectivity index (χ0n) is 12.6. The first kappa shape index (κ1) is 14.3. The molecule has 0 atom stereocenters. The largest absolute Gasteiger partial charge is 0.474 e. The highest BCUT2D eigenvalue weighted by Crippen LogP contribution is 2.36. The van der Waals surface area contributed by atoms with Gasteiger partial charge in [-0.1, -0.05) is 19.9 Å². The lowest BCUT2D eigenvalue weighted by Crippen LogP contribution is -2.28. The molecular formula is C16H26N2O. The minimum Gasteiger partial charge on any atom is -0.474 e. The van der Waals surface area contributed by atoms with E-state index < -0.39 is 0 Å². The van der Waals surface area contributed by atoms with Crippen LogP contribution >= 0.6 is 0 Å². The van der Waals surface area contributed by atoms with Gasteiger partial charge >= 0.3 is 0 Å². The van der Waals surface area contributed by atoms with Crippen LogP contribution in [0.1, 0.15) is 50.8 Å². The Morgan fingerprint density at radius 2 is 2.00 bits per heavy atom. The molecule has 1 aromatic rings. The molecule has 1 aliphatic carbocycles. The monoisotopic (exact) mass is 262 g/mol. The van der Waals surface area contributed by atoms with Crippen molar-refractivity contribution >= 4 is 0 Å². The van der Waals surface area contributed by atoms with Gasteiger partial charge in [0.25, 0.3) is 0 Å². The number of nitrogens with zero attached hydrogens (tertiary/aromatic N) is 1. The fraction of sp³-hybridized carbons (Fsp3) is 0.688. The summed E-state index contributed by atoms with van der Waals surface area (Å²) in [6.07, 6.45) is 5.12. The van der Waals surface area contributed by atoms with E-state index in [2.05, 4.69) is 30.2 Å². The molecule has 3 nitrogen and oxygen atoms in total. The van der Waals surface area contributed by atoms with Gasteiger partial charge in [-0.05, 0) is 50.6 Å². The molecule has 0 saturated heterocycles. The third kappa shape index (κ3) is 3.93. The lowest BCUT2D eigenvalue weighted by molar-refractivity contribution is 0.0947. The average Bonchev–Trinajstić information content (AvgIpc) is 2.35. The molecular weight excluding hydrogens is 236 g/mol. The van der Waals surface area contributed by atoms with E-state index in [1.807, 2.05) is 20.0 Å². The zero-order chi connectivity index (χ0) is 13.9. The SMILES string of the molecule is CNCc1ccc(OC2CCC(C)(C)CC2)nc1C. The van der Waals surface area contributed by atoms with Crippen molar-refractivity contribution in [3.05, 3.63) is 23.4 Å². The van der Waals surface area contributed by atoms with Gasteiger partial charge in [-0.3, -0.25) is 0 Å². The molecule has 1 aromatic heterocycles. The molecule has 2 rings (SSSR count). The van der Waals surface area contributed by atoms with Gasteiger partial charge in [-0.2, -0.15) is 0 Å². The number of rotatable bonds is 4. The van der Waals surface area contributed by atoms with Crippen LogP contribution in [-0.2, 0) is 6.54 Å². The highest BCUT2D eigenvalue weighted by atomic mass is 16.5. The standard InChI is InChI=1S/C16H26N2O/c1-12-13(11-17-4)5-6-15(18-12)19-14-7-9-16(2,3)10-8-14/h5-6,14,17H,7-11H2,1-4H3. The van der Waals surface area contributed by atoms with Crippen LogP contribution in [0.4, 0.5) is 0 Å². The maximum absolute atomic E-state index is 6.03. The first-order valence-corrected chi connectivity index (χ1v) is 7.28. The van der Waals surface area contributed by atoms with Crippen molar-refractivity contribution in [1.29, 1.82) is 0 Å². The predicted octanol–water partition coefficient (Wildman–Crippen LogP) is 3.46. The Morgan fingerprint density at radius 1 is 1.32 bits per heavy atom. The summed E-state index contributed by atoms with van der Waals surface area (Å²) in [7, 11) is 1.95. The topological polar surface area (TPSA) is 34.1 Å². The van der Waals surface area contributed by atoms with Crippen molar-refractivity contribution in [2.24, 2.45) is 5.41 Å². The summed E-state index contributed by atoms with van der Waals surface area (Å²) in [5.41, 5.74) is 2.78. The van der Waals surface area contributed by atoms with Crippen LogP contribution in [0.15, 0.2) is 12.1 Å². The maximum atomic E-state index is 6.03. The first-order valence-electron chi connectivity index (χ1n) is 7.28. The Morgan fingerprint density at radius 3 is 2.58 bits per heavy atom. The van der Waals surface area contributed by atoms with E-state index in [1.165, 1.54) is 18.4 Å². The second kappa shape index (κ2) is 5.91. The minimum atomic E-state index is 0.343. The lowest BCUT2D eigenvalue weighted by Gasteiger charge is -2.34. The zero-order valence-corrected chi connectivity index (χ0v) is 12.6. The number of hydrogen-bond donors (Lipinski definition) is 1. The van der Waals surface area contributed by atoms with Crippen LogP contribution in [0, 0.1) is 12.3 Å². The molecule has 0 unspecified atom stereocenters. The Balaban J connectivity index is 1.95. The van der Waals surface area contributed by atoms with E-state index in [9.17, 15) is 0 Å². The molecule has 0 aliphatic heterocycles. The number of ether oxygens (including phenoxy) is 1. The first-order chi connectivity index (χ1) is 9.00. The van der Waals surface area contributed by atoms with Gasteiger partial charge < -0.3 is 10.1 Å². The van der Waals surface area contributed by atoms with Crippen molar-refractivity contribution in [3.8, 4) is 5.88 Å². The van der Waals surface area contributed by atoms with Gasteiger partial charge in [-0.15, -0.1) is 0 Å². The summed E-state index contributed by atoms with van der Waals surface area (Å²) in [5, 5.41) is 3.15. The number of pyridine rings is 1. The van der Waals surface area contributed by atoms with Crippen LogP contribution in [-0.4, -0.2) is 18.1 Å². The van der Waals surface area contributed by atoms with Crippen molar-refractivity contribution in [3.63, 3.8) is 0 Å². The number of aryl methyl sites for hydroxylation is 1. The summed E-state index contributed by atoms with van der Waals surface area (Å²) in [6.45, 7) is 7.59. The number of nitrogens with one attached hydrogen (secondary N) is 1. The summed E-state index contributed by atoms with van der Waals surface area (Å²) in [6, 6.07) is 4.11. The third-order valence-electron chi connectivity index (χ3n) is 4.11. The van der Waals surface area contributed by atoms with Gasteiger partial charge in [0.2, 0.25) is 5.88 Å². The van der Waals surface area contributed by atoms with Gasteiger partial charge in [-0.25, -0.2) is 4.98 Å². The normalized spacial score (nSPS) is 19.4. The molecule has 1 aliphatic rings.